The van der Waals surface area contributed by atoms with Crippen molar-refractivity contribution >= 4 is 11.8 Å². The molecule has 148 valence electrons. The van der Waals surface area contributed by atoms with Crippen molar-refractivity contribution in [2.45, 2.75) is 31.3 Å². The first-order valence-electron chi connectivity index (χ1n) is 9.29. The summed E-state index contributed by atoms with van der Waals surface area (Å²) >= 11 is 1.63. The van der Waals surface area contributed by atoms with Crippen LogP contribution in [0.3, 0.4) is 0 Å². The van der Waals surface area contributed by atoms with Crippen LogP contribution >= 0.6 is 11.8 Å². The first-order chi connectivity index (χ1) is 13.4. The van der Waals surface area contributed by atoms with Crippen molar-refractivity contribution < 1.29 is 9.47 Å². The maximum absolute atomic E-state index is 5.86. The van der Waals surface area contributed by atoms with E-state index in [0.717, 1.165) is 33.8 Å². The molecule has 0 unspecified atom stereocenters. The van der Waals surface area contributed by atoms with E-state index in [1.807, 2.05) is 48.0 Å². The van der Waals surface area contributed by atoms with Crippen molar-refractivity contribution in [2.24, 2.45) is 7.05 Å². The van der Waals surface area contributed by atoms with E-state index in [4.69, 9.17) is 9.47 Å². The highest BCUT2D eigenvalue weighted by Gasteiger charge is 2.15. The molecule has 1 heterocycles. The van der Waals surface area contributed by atoms with E-state index in [0.29, 0.717) is 6.61 Å². The van der Waals surface area contributed by atoms with Gasteiger partial charge in [-0.3, -0.25) is 0 Å². The van der Waals surface area contributed by atoms with Gasteiger partial charge in [0.1, 0.15) is 11.5 Å². The molecule has 28 heavy (non-hydrogen) atoms. The molecule has 1 aromatic heterocycles. The standard InChI is InChI=1S/C22H27N3O2S/c1-22(2,3)16-10-12-17(13-11-16)27-14-15-28-21-24-23-20(25(21)4)18-8-6-7-9-19(18)26-5/h6-13H,14-15H2,1-5H3. The lowest BCUT2D eigenvalue weighted by atomic mass is 9.87. The predicted molar refractivity (Wildman–Crippen MR) is 114 cm³/mol. The van der Waals surface area contributed by atoms with Gasteiger partial charge in [-0.1, -0.05) is 56.8 Å². The second-order valence-electron chi connectivity index (χ2n) is 7.54. The van der Waals surface area contributed by atoms with Crippen molar-refractivity contribution in [2.75, 3.05) is 19.5 Å². The van der Waals surface area contributed by atoms with Crippen LogP contribution in [0, 0.1) is 0 Å². The zero-order valence-corrected chi connectivity index (χ0v) is 17.9. The lowest BCUT2D eigenvalue weighted by Gasteiger charge is -2.19. The Hall–Kier alpha value is -2.47. The molecule has 3 aromatic rings. The molecule has 2 aromatic carbocycles. The van der Waals surface area contributed by atoms with E-state index in [1.54, 1.807) is 18.9 Å². The molecule has 0 aliphatic heterocycles. The normalized spacial score (nSPS) is 11.5. The summed E-state index contributed by atoms with van der Waals surface area (Å²) in [6, 6.07) is 16.2. The molecule has 3 rings (SSSR count). The largest absolute Gasteiger partial charge is 0.496 e. The van der Waals surface area contributed by atoms with Crippen LogP contribution in [-0.2, 0) is 12.5 Å². The minimum atomic E-state index is 0.152. The molecular formula is C22H27N3O2S. The van der Waals surface area contributed by atoms with E-state index in [1.165, 1.54) is 5.56 Å². The van der Waals surface area contributed by atoms with Gasteiger partial charge >= 0.3 is 0 Å². The number of hydrogen-bond donors (Lipinski definition) is 0. The van der Waals surface area contributed by atoms with Gasteiger partial charge in [0.15, 0.2) is 11.0 Å². The van der Waals surface area contributed by atoms with Crippen LogP contribution in [0.5, 0.6) is 11.5 Å². The Kier molecular flexibility index (Phi) is 6.29. The predicted octanol–water partition coefficient (Wildman–Crippen LogP) is 4.96. The third-order valence-corrected chi connectivity index (χ3v) is 5.47. The van der Waals surface area contributed by atoms with Gasteiger partial charge in [0, 0.05) is 12.8 Å². The molecule has 0 atom stereocenters. The van der Waals surface area contributed by atoms with Crippen molar-refractivity contribution in [3.05, 3.63) is 54.1 Å². The zero-order valence-electron chi connectivity index (χ0n) is 17.1. The van der Waals surface area contributed by atoms with Crippen LogP contribution < -0.4 is 9.47 Å². The van der Waals surface area contributed by atoms with Gasteiger partial charge in [-0.25, -0.2) is 0 Å². The summed E-state index contributed by atoms with van der Waals surface area (Å²) in [7, 11) is 3.63. The van der Waals surface area contributed by atoms with E-state index in [-0.39, 0.29) is 5.41 Å². The van der Waals surface area contributed by atoms with Crippen molar-refractivity contribution in [1.82, 2.24) is 14.8 Å². The van der Waals surface area contributed by atoms with Crippen LogP contribution in [0.15, 0.2) is 53.7 Å². The molecule has 0 aliphatic carbocycles. The van der Waals surface area contributed by atoms with Gasteiger partial charge in [0.2, 0.25) is 0 Å². The molecule has 0 spiro atoms. The molecule has 0 saturated heterocycles. The fraction of sp³-hybridized carbons (Fsp3) is 0.364. The number of hydrogen-bond acceptors (Lipinski definition) is 5. The first kappa shape index (κ1) is 20.3. The van der Waals surface area contributed by atoms with Gasteiger partial charge in [-0.05, 0) is 35.2 Å². The zero-order chi connectivity index (χ0) is 20.1. The Morgan fingerprint density at radius 1 is 1.00 bits per heavy atom. The third-order valence-electron chi connectivity index (χ3n) is 4.49. The highest BCUT2D eigenvalue weighted by Crippen LogP contribution is 2.30. The minimum absolute atomic E-state index is 0.152. The fourth-order valence-corrected chi connectivity index (χ4v) is 3.58. The van der Waals surface area contributed by atoms with Crippen LogP contribution in [-0.4, -0.2) is 34.2 Å². The number of benzene rings is 2. The SMILES string of the molecule is COc1ccccc1-c1nnc(SCCOc2ccc(C(C)(C)C)cc2)n1C. The monoisotopic (exact) mass is 397 g/mol. The van der Waals surface area contributed by atoms with Crippen LogP contribution in [0.1, 0.15) is 26.3 Å². The second-order valence-corrected chi connectivity index (χ2v) is 8.60. The van der Waals surface area contributed by atoms with Crippen LogP contribution in [0.25, 0.3) is 11.4 Å². The van der Waals surface area contributed by atoms with Crippen molar-refractivity contribution in [3.63, 3.8) is 0 Å². The highest BCUT2D eigenvalue weighted by atomic mass is 32.2. The maximum Gasteiger partial charge on any atom is 0.191 e. The molecule has 0 amide bonds. The van der Waals surface area contributed by atoms with Crippen LogP contribution in [0.2, 0.25) is 0 Å². The Morgan fingerprint density at radius 3 is 2.39 bits per heavy atom. The molecule has 0 saturated carbocycles. The third kappa shape index (κ3) is 4.68. The van der Waals surface area contributed by atoms with E-state index >= 15 is 0 Å². The van der Waals surface area contributed by atoms with Gasteiger partial charge < -0.3 is 14.0 Å². The van der Waals surface area contributed by atoms with Crippen molar-refractivity contribution in [1.29, 1.82) is 0 Å². The number of nitrogens with zero attached hydrogens (tertiary/aromatic N) is 3. The molecule has 0 N–H and O–H groups in total. The summed E-state index contributed by atoms with van der Waals surface area (Å²) in [5.74, 6) is 3.26. The van der Waals surface area contributed by atoms with Crippen molar-refractivity contribution in [3.8, 4) is 22.9 Å². The first-order valence-corrected chi connectivity index (χ1v) is 10.3. The smallest absolute Gasteiger partial charge is 0.191 e. The summed E-state index contributed by atoms with van der Waals surface area (Å²) in [4.78, 5) is 0. The Balaban J connectivity index is 1.57. The molecule has 6 heteroatoms. The number of thioether (sulfide) groups is 1. The number of aromatic nitrogens is 3. The summed E-state index contributed by atoms with van der Waals surface area (Å²) < 4.78 is 13.3. The Morgan fingerprint density at radius 2 is 1.71 bits per heavy atom. The molecule has 0 bridgehead atoms. The maximum atomic E-state index is 5.86. The molecule has 0 radical (unpaired) electrons. The van der Waals surface area contributed by atoms with Gasteiger partial charge in [-0.2, -0.15) is 0 Å². The highest BCUT2D eigenvalue weighted by molar-refractivity contribution is 7.99. The van der Waals surface area contributed by atoms with Crippen LogP contribution in [0.4, 0.5) is 0 Å². The average molecular weight is 398 g/mol. The Bertz CT molecular complexity index is 914. The topological polar surface area (TPSA) is 49.2 Å². The molecule has 5 nitrogen and oxygen atoms in total. The summed E-state index contributed by atoms with van der Waals surface area (Å²) in [6.07, 6.45) is 0. The summed E-state index contributed by atoms with van der Waals surface area (Å²) in [6.45, 7) is 7.23. The molecular weight excluding hydrogens is 370 g/mol. The Labute approximate surface area is 171 Å². The number of rotatable bonds is 7. The average Bonchev–Trinajstić information content (AvgIpc) is 3.05. The van der Waals surface area contributed by atoms with E-state index in [9.17, 15) is 0 Å². The number of methoxy groups -OCH3 is 1. The molecule has 0 aliphatic rings. The number of ether oxygens (including phenoxy) is 2. The van der Waals surface area contributed by atoms with Gasteiger partial charge in [0.05, 0.1) is 19.3 Å². The number of para-hydroxylation sites is 1. The summed E-state index contributed by atoms with van der Waals surface area (Å²) in [5, 5.41) is 9.51. The van der Waals surface area contributed by atoms with Gasteiger partial charge in [0.25, 0.3) is 0 Å². The second kappa shape index (κ2) is 8.69. The molecule has 0 fully saturated rings. The van der Waals surface area contributed by atoms with Gasteiger partial charge in [-0.15, -0.1) is 10.2 Å². The lowest BCUT2D eigenvalue weighted by Crippen LogP contribution is -2.10. The fourth-order valence-electron chi connectivity index (χ4n) is 2.85. The van der Waals surface area contributed by atoms with E-state index in [2.05, 4.69) is 43.1 Å². The minimum Gasteiger partial charge on any atom is -0.496 e. The quantitative estimate of drug-likeness (QED) is 0.417. The van der Waals surface area contributed by atoms with E-state index < -0.39 is 0 Å². The lowest BCUT2D eigenvalue weighted by molar-refractivity contribution is 0.343. The summed E-state index contributed by atoms with van der Waals surface area (Å²) in [5.41, 5.74) is 2.39.